The molecule has 0 spiro atoms. The van der Waals surface area contributed by atoms with E-state index in [2.05, 4.69) is 10.3 Å². The molecule has 0 unspecified atom stereocenters. The Balaban J connectivity index is 1.76. The zero-order chi connectivity index (χ0) is 13.1. The van der Waals surface area contributed by atoms with E-state index in [1.54, 1.807) is 0 Å². The Bertz CT molecular complexity index is 701. The summed E-state index contributed by atoms with van der Waals surface area (Å²) in [5.41, 5.74) is 2.87. The second-order valence-corrected chi connectivity index (χ2v) is 4.46. The Morgan fingerprint density at radius 3 is 2.58 bits per heavy atom. The van der Waals surface area contributed by atoms with Crippen molar-refractivity contribution in [3.05, 3.63) is 66.4 Å². The number of carbonyl (C=O) groups is 1. The minimum atomic E-state index is -0.00375. The van der Waals surface area contributed by atoms with Crippen LogP contribution >= 0.6 is 0 Å². The van der Waals surface area contributed by atoms with Crippen LogP contribution in [0.3, 0.4) is 0 Å². The van der Waals surface area contributed by atoms with Crippen LogP contribution in [0, 0.1) is 0 Å². The van der Waals surface area contributed by atoms with Crippen LogP contribution in [-0.4, -0.2) is 10.9 Å². The molecule has 3 heteroatoms. The lowest BCUT2D eigenvalue weighted by Gasteiger charge is -2.03. The van der Waals surface area contributed by atoms with Crippen molar-refractivity contribution in [1.29, 1.82) is 0 Å². The molecule has 0 aliphatic heterocycles. The number of hydrogen-bond acceptors (Lipinski definition) is 1. The topological polar surface area (TPSA) is 44.9 Å². The van der Waals surface area contributed by atoms with Crippen LogP contribution in [0.2, 0.25) is 0 Å². The monoisotopic (exact) mass is 250 g/mol. The highest BCUT2D eigenvalue weighted by Crippen LogP contribution is 2.22. The molecule has 1 aromatic heterocycles. The number of nitrogens with one attached hydrogen (secondary N) is 2. The van der Waals surface area contributed by atoms with Crippen LogP contribution in [0.4, 0.5) is 5.69 Å². The Morgan fingerprint density at radius 1 is 1.00 bits per heavy atom. The van der Waals surface area contributed by atoms with Gasteiger partial charge in [-0.25, -0.2) is 0 Å². The van der Waals surface area contributed by atoms with E-state index in [9.17, 15) is 4.79 Å². The van der Waals surface area contributed by atoms with Gasteiger partial charge in [-0.15, -0.1) is 0 Å². The maximum absolute atomic E-state index is 12.0. The maximum Gasteiger partial charge on any atom is 0.228 e. The van der Waals surface area contributed by atoms with E-state index in [1.165, 1.54) is 0 Å². The molecule has 0 aliphatic rings. The largest absolute Gasteiger partial charge is 0.359 e. The third kappa shape index (κ3) is 2.50. The Labute approximate surface area is 111 Å². The van der Waals surface area contributed by atoms with Crippen LogP contribution < -0.4 is 5.32 Å². The molecule has 3 rings (SSSR count). The lowest BCUT2D eigenvalue weighted by molar-refractivity contribution is -0.115. The highest BCUT2D eigenvalue weighted by Gasteiger charge is 2.07. The molecule has 0 fully saturated rings. The molecule has 1 amide bonds. The van der Waals surface area contributed by atoms with Crippen LogP contribution in [-0.2, 0) is 11.2 Å². The highest BCUT2D eigenvalue weighted by molar-refractivity contribution is 6.02. The van der Waals surface area contributed by atoms with Crippen molar-refractivity contribution < 1.29 is 4.79 Å². The van der Waals surface area contributed by atoms with Crippen molar-refractivity contribution in [2.75, 3.05) is 5.32 Å². The van der Waals surface area contributed by atoms with Crippen molar-refractivity contribution >= 4 is 22.5 Å². The second kappa shape index (κ2) is 4.98. The van der Waals surface area contributed by atoms with Crippen molar-refractivity contribution in [1.82, 2.24) is 4.98 Å². The molecular formula is C16H14N2O. The molecule has 1 heterocycles. The number of benzene rings is 2. The van der Waals surface area contributed by atoms with Gasteiger partial charge in [0.05, 0.1) is 12.1 Å². The van der Waals surface area contributed by atoms with Crippen LogP contribution in [0.1, 0.15) is 5.56 Å². The lowest BCUT2D eigenvalue weighted by atomic mass is 10.1. The highest BCUT2D eigenvalue weighted by atomic mass is 16.1. The predicted molar refractivity (Wildman–Crippen MR) is 77.1 cm³/mol. The molecule has 2 aromatic carbocycles. The summed E-state index contributed by atoms with van der Waals surface area (Å²) in [6.07, 6.45) is 2.22. The van der Waals surface area contributed by atoms with Gasteiger partial charge in [-0.05, 0) is 11.6 Å². The second-order valence-electron chi connectivity index (χ2n) is 4.46. The maximum atomic E-state index is 12.0. The van der Waals surface area contributed by atoms with Crippen molar-refractivity contribution in [2.24, 2.45) is 0 Å². The number of hydrogen-bond donors (Lipinski definition) is 2. The number of aromatic amines is 1. The van der Waals surface area contributed by atoms with Gasteiger partial charge in [-0.1, -0.05) is 48.5 Å². The van der Waals surface area contributed by atoms with Gasteiger partial charge in [0.15, 0.2) is 0 Å². The molecule has 19 heavy (non-hydrogen) atoms. The number of amides is 1. The molecule has 3 nitrogen and oxygen atoms in total. The lowest BCUT2D eigenvalue weighted by Crippen LogP contribution is -2.13. The van der Waals surface area contributed by atoms with Gasteiger partial charge >= 0.3 is 0 Å². The average Bonchev–Trinajstić information content (AvgIpc) is 2.83. The number of carbonyl (C=O) groups excluding carboxylic acids is 1. The number of fused-ring (bicyclic) bond motifs is 1. The van der Waals surface area contributed by atoms with Crippen molar-refractivity contribution in [3.8, 4) is 0 Å². The number of rotatable bonds is 3. The number of aromatic nitrogens is 1. The van der Waals surface area contributed by atoms with Gasteiger partial charge in [-0.3, -0.25) is 4.79 Å². The SMILES string of the molecule is O=C(Cc1ccccc1)Nc1c[nH]c2ccccc12. The summed E-state index contributed by atoms with van der Waals surface area (Å²) in [4.78, 5) is 15.1. The molecule has 94 valence electrons. The predicted octanol–water partition coefficient (Wildman–Crippen LogP) is 3.35. The summed E-state index contributed by atoms with van der Waals surface area (Å²) in [7, 11) is 0. The Kier molecular flexibility index (Phi) is 3.02. The first-order valence-corrected chi connectivity index (χ1v) is 6.23. The van der Waals surface area contributed by atoms with E-state index in [0.717, 1.165) is 22.2 Å². The van der Waals surface area contributed by atoms with Crippen LogP contribution in [0.15, 0.2) is 60.8 Å². The van der Waals surface area contributed by atoms with Gasteiger partial charge in [0.1, 0.15) is 0 Å². The average molecular weight is 250 g/mol. The standard InChI is InChI=1S/C16H14N2O/c19-16(10-12-6-2-1-3-7-12)18-15-11-17-14-9-5-4-8-13(14)15/h1-9,11,17H,10H2,(H,18,19). The smallest absolute Gasteiger partial charge is 0.228 e. The van der Waals surface area contributed by atoms with Crippen LogP contribution in [0.25, 0.3) is 10.9 Å². The fourth-order valence-electron chi connectivity index (χ4n) is 2.15. The van der Waals surface area contributed by atoms with E-state index >= 15 is 0 Å². The van der Waals surface area contributed by atoms with Crippen LogP contribution in [0.5, 0.6) is 0 Å². The Morgan fingerprint density at radius 2 is 1.74 bits per heavy atom. The minimum absolute atomic E-state index is 0.00375. The molecule has 3 aromatic rings. The fourth-order valence-corrected chi connectivity index (χ4v) is 2.15. The normalized spacial score (nSPS) is 10.5. The first kappa shape index (κ1) is 11.5. The molecular weight excluding hydrogens is 236 g/mol. The van der Waals surface area contributed by atoms with Gasteiger partial charge in [0.25, 0.3) is 0 Å². The molecule has 0 atom stereocenters. The van der Waals surface area contributed by atoms with E-state index in [1.807, 2.05) is 60.8 Å². The van der Waals surface area contributed by atoms with E-state index in [0.29, 0.717) is 6.42 Å². The van der Waals surface area contributed by atoms with Gasteiger partial charge in [0, 0.05) is 17.1 Å². The molecule has 0 aliphatic carbocycles. The summed E-state index contributed by atoms with van der Waals surface area (Å²) < 4.78 is 0. The van der Waals surface area contributed by atoms with Crippen molar-refractivity contribution in [2.45, 2.75) is 6.42 Å². The molecule has 0 saturated heterocycles. The van der Waals surface area contributed by atoms with Gasteiger partial charge < -0.3 is 10.3 Å². The molecule has 2 N–H and O–H groups in total. The first-order valence-electron chi connectivity index (χ1n) is 6.23. The van der Waals surface area contributed by atoms with Crippen molar-refractivity contribution in [3.63, 3.8) is 0 Å². The summed E-state index contributed by atoms with van der Waals surface area (Å²) >= 11 is 0. The zero-order valence-corrected chi connectivity index (χ0v) is 10.4. The van der Waals surface area contributed by atoms with E-state index < -0.39 is 0 Å². The first-order chi connectivity index (χ1) is 9.33. The van der Waals surface area contributed by atoms with E-state index in [4.69, 9.17) is 0 Å². The molecule has 0 radical (unpaired) electrons. The molecule has 0 bridgehead atoms. The van der Waals surface area contributed by atoms with E-state index in [-0.39, 0.29) is 5.91 Å². The Hall–Kier alpha value is -2.55. The summed E-state index contributed by atoms with van der Waals surface area (Å²) in [5, 5.41) is 3.97. The molecule has 0 saturated carbocycles. The fraction of sp³-hybridized carbons (Fsp3) is 0.0625. The minimum Gasteiger partial charge on any atom is -0.359 e. The van der Waals surface area contributed by atoms with Gasteiger partial charge in [-0.2, -0.15) is 0 Å². The zero-order valence-electron chi connectivity index (χ0n) is 10.4. The summed E-state index contributed by atoms with van der Waals surface area (Å²) in [5.74, 6) is -0.00375. The summed E-state index contributed by atoms with van der Waals surface area (Å²) in [6, 6.07) is 17.6. The third-order valence-corrected chi connectivity index (χ3v) is 3.07. The third-order valence-electron chi connectivity index (χ3n) is 3.07. The number of H-pyrrole nitrogens is 1. The summed E-state index contributed by atoms with van der Waals surface area (Å²) in [6.45, 7) is 0. The number of anilines is 1. The quantitative estimate of drug-likeness (QED) is 0.735. The van der Waals surface area contributed by atoms with Gasteiger partial charge in [0.2, 0.25) is 5.91 Å². The number of para-hydroxylation sites is 1.